The summed E-state index contributed by atoms with van der Waals surface area (Å²) in [4.78, 5) is 7.27. The third-order valence-corrected chi connectivity index (χ3v) is 4.42. The molecule has 3 heterocycles. The van der Waals surface area contributed by atoms with Gasteiger partial charge in [-0.15, -0.1) is 5.10 Å². The minimum atomic E-state index is -4.69. The quantitative estimate of drug-likeness (QED) is 0.602. The SMILES string of the molecule is FC(F)(F)c1nc(NCCOc2ccccc2)c2nnn(C[C@H]3CCCO3)c2n1. The van der Waals surface area contributed by atoms with Crippen LogP contribution in [0.1, 0.15) is 18.7 Å². The van der Waals surface area contributed by atoms with E-state index >= 15 is 0 Å². The van der Waals surface area contributed by atoms with Gasteiger partial charge in [0.05, 0.1) is 19.2 Å². The summed E-state index contributed by atoms with van der Waals surface area (Å²) in [5.41, 5.74) is 0.199. The zero-order valence-electron chi connectivity index (χ0n) is 15.4. The summed E-state index contributed by atoms with van der Waals surface area (Å²) in [7, 11) is 0. The molecule has 0 amide bonds. The van der Waals surface area contributed by atoms with Gasteiger partial charge in [-0.25, -0.2) is 14.6 Å². The van der Waals surface area contributed by atoms with Crippen molar-refractivity contribution in [3.05, 3.63) is 36.2 Å². The van der Waals surface area contributed by atoms with E-state index in [-0.39, 0.29) is 36.2 Å². The minimum Gasteiger partial charge on any atom is -0.492 e. The topological polar surface area (TPSA) is 87.0 Å². The number of ether oxygens (including phenoxy) is 2. The van der Waals surface area contributed by atoms with Crippen LogP contribution in [0.15, 0.2) is 30.3 Å². The Balaban J connectivity index is 1.53. The first-order chi connectivity index (χ1) is 14.0. The average Bonchev–Trinajstić information content (AvgIpc) is 3.36. The Labute approximate surface area is 164 Å². The molecule has 0 unspecified atom stereocenters. The second-order valence-corrected chi connectivity index (χ2v) is 6.56. The maximum Gasteiger partial charge on any atom is 0.451 e. The summed E-state index contributed by atoms with van der Waals surface area (Å²) in [6.07, 6.45) is -3.07. The second kappa shape index (κ2) is 8.19. The van der Waals surface area contributed by atoms with E-state index < -0.39 is 12.0 Å². The number of aromatic nitrogens is 5. The fourth-order valence-corrected chi connectivity index (χ4v) is 3.07. The summed E-state index contributed by atoms with van der Waals surface area (Å²) < 4.78 is 52.3. The minimum absolute atomic E-state index is 0.0225. The van der Waals surface area contributed by atoms with Gasteiger partial charge in [0, 0.05) is 6.61 Å². The molecule has 1 aliphatic rings. The molecule has 0 saturated carbocycles. The highest BCUT2D eigenvalue weighted by molar-refractivity contribution is 5.82. The smallest absolute Gasteiger partial charge is 0.451 e. The van der Waals surface area contributed by atoms with Crippen LogP contribution in [-0.2, 0) is 17.5 Å². The Kier molecular flexibility index (Phi) is 5.47. The van der Waals surface area contributed by atoms with Crippen molar-refractivity contribution in [2.45, 2.75) is 31.7 Å². The van der Waals surface area contributed by atoms with Crippen molar-refractivity contribution < 1.29 is 22.6 Å². The first-order valence-corrected chi connectivity index (χ1v) is 9.22. The Morgan fingerprint density at radius 1 is 1.21 bits per heavy atom. The van der Waals surface area contributed by atoms with Crippen molar-refractivity contribution in [2.24, 2.45) is 0 Å². The molecule has 0 bridgehead atoms. The Morgan fingerprint density at radius 2 is 2.03 bits per heavy atom. The zero-order chi connectivity index (χ0) is 20.3. The monoisotopic (exact) mass is 408 g/mol. The highest BCUT2D eigenvalue weighted by Crippen LogP contribution is 2.30. The van der Waals surface area contributed by atoms with Gasteiger partial charge in [-0.1, -0.05) is 23.4 Å². The molecule has 29 heavy (non-hydrogen) atoms. The van der Waals surface area contributed by atoms with Crippen LogP contribution in [-0.4, -0.2) is 50.8 Å². The molecule has 8 nitrogen and oxygen atoms in total. The molecule has 0 radical (unpaired) electrons. The van der Waals surface area contributed by atoms with Gasteiger partial charge >= 0.3 is 6.18 Å². The van der Waals surface area contributed by atoms with E-state index in [4.69, 9.17) is 9.47 Å². The third-order valence-electron chi connectivity index (χ3n) is 4.42. The van der Waals surface area contributed by atoms with E-state index in [9.17, 15) is 13.2 Å². The second-order valence-electron chi connectivity index (χ2n) is 6.56. The lowest BCUT2D eigenvalue weighted by Gasteiger charge is -2.12. The summed E-state index contributed by atoms with van der Waals surface area (Å²) in [5.74, 6) is -0.606. The maximum absolute atomic E-state index is 13.3. The van der Waals surface area contributed by atoms with E-state index in [1.165, 1.54) is 4.68 Å². The molecule has 1 N–H and O–H groups in total. The molecule has 2 aromatic heterocycles. The van der Waals surface area contributed by atoms with Gasteiger partial charge in [-0.2, -0.15) is 13.2 Å². The molecule has 1 aromatic carbocycles. The molecule has 0 spiro atoms. The highest BCUT2D eigenvalue weighted by atomic mass is 19.4. The zero-order valence-corrected chi connectivity index (χ0v) is 15.4. The molecular weight excluding hydrogens is 389 g/mol. The fourth-order valence-electron chi connectivity index (χ4n) is 3.07. The molecule has 154 valence electrons. The van der Waals surface area contributed by atoms with Gasteiger partial charge < -0.3 is 14.8 Å². The number of alkyl halides is 3. The molecule has 3 aromatic rings. The van der Waals surface area contributed by atoms with E-state index in [1.807, 2.05) is 18.2 Å². The maximum atomic E-state index is 13.3. The molecule has 0 aliphatic carbocycles. The van der Waals surface area contributed by atoms with Crippen LogP contribution in [0.3, 0.4) is 0 Å². The predicted octanol–water partition coefficient (Wildman–Crippen LogP) is 2.91. The molecule has 11 heteroatoms. The van der Waals surface area contributed by atoms with Crippen molar-refractivity contribution in [3.63, 3.8) is 0 Å². The summed E-state index contributed by atoms with van der Waals surface area (Å²) in [5, 5.41) is 10.8. The van der Waals surface area contributed by atoms with Crippen LogP contribution in [0.4, 0.5) is 19.0 Å². The lowest BCUT2D eigenvalue weighted by Crippen LogP contribution is -2.19. The van der Waals surface area contributed by atoms with Gasteiger partial charge in [-0.3, -0.25) is 0 Å². The van der Waals surface area contributed by atoms with Gasteiger partial charge in [0.2, 0.25) is 5.82 Å². The summed E-state index contributed by atoms with van der Waals surface area (Å²) >= 11 is 0. The van der Waals surface area contributed by atoms with E-state index in [0.29, 0.717) is 18.9 Å². The van der Waals surface area contributed by atoms with Crippen molar-refractivity contribution in [3.8, 4) is 5.75 Å². The number of hydrogen-bond acceptors (Lipinski definition) is 7. The van der Waals surface area contributed by atoms with E-state index in [2.05, 4.69) is 25.6 Å². The standard InChI is InChI=1S/C18H19F3N6O2/c19-18(20,21)17-23-15(22-8-10-29-12-5-2-1-3-6-12)14-16(24-17)27(26-25-14)11-13-7-4-9-28-13/h1-3,5-6,13H,4,7-11H2,(H,22,23,24)/t13-/m1/s1. The lowest BCUT2D eigenvalue weighted by atomic mass is 10.2. The highest BCUT2D eigenvalue weighted by Gasteiger charge is 2.36. The number of halogens is 3. The average molecular weight is 408 g/mol. The van der Waals surface area contributed by atoms with Crippen molar-refractivity contribution in [1.82, 2.24) is 25.0 Å². The molecule has 1 atom stereocenters. The fraction of sp³-hybridized carbons (Fsp3) is 0.444. The number of nitrogens with one attached hydrogen (secondary N) is 1. The number of benzene rings is 1. The molecule has 1 fully saturated rings. The molecular formula is C18H19F3N6O2. The summed E-state index contributed by atoms with van der Waals surface area (Å²) in [6, 6.07) is 9.11. The van der Waals surface area contributed by atoms with Gasteiger partial charge in [0.25, 0.3) is 0 Å². The van der Waals surface area contributed by atoms with Crippen molar-refractivity contribution in [2.75, 3.05) is 25.1 Å². The predicted molar refractivity (Wildman–Crippen MR) is 97.5 cm³/mol. The van der Waals surface area contributed by atoms with Crippen LogP contribution in [0.2, 0.25) is 0 Å². The van der Waals surface area contributed by atoms with Crippen molar-refractivity contribution >= 4 is 17.0 Å². The Hall–Kier alpha value is -2.95. The van der Waals surface area contributed by atoms with Crippen LogP contribution in [0.5, 0.6) is 5.75 Å². The normalized spacial score (nSPS) is 17.0. The van der Waals surface area contributed by atoms with E-state index in [1.54, 1.807) is 12.1 Å². The summed E-state index contributed by atoms with van der Waals surface area (Å²) in [6.45, 7) is 1.40. The van der Waals surface area contributed by atoms with Crippen LogP contribution in [0, 0.1) is 0 Å². The number of rotatable bonds is 7. The molecule has 1 aliphatic heterocycles. The number of para-hydroxylation sites is 1. The van der Waals surface area contributed by atoms with E-state index in [0.717, 1.165) is 12.8 Å². The third kappa shape index (κ3) is 4.56. The van der Waals surface area contributed by atoms with Gasteiger partial charge in [0.1, 0.15) is 12.4 Å². The lowest BCUT2D eigenvalue weighted by molar-refractivity contribution is -0.144. The number of fused-ring (bicyclic) bond motifs is 1. The Bertz CT molecular complexity index is 957. The van der Waals surface area contributed by atoms with Crippen molar-refractivity contribution in [1.29, 1.82) is 0 Å². The Morgan fingerprint density at radius 3 is 2.76 bits per heavy atom. The molecule has 1 saturated heterocycles. The first-order valence-electron chi connectivity index (χ1n) is 9.22. The van der Waals surface area contributed by atoms with Crippen LogP contribution >= 0.6 is 0 Å². The first kappa shape index (κ1) is 19.4. The molecule has 4 rings (SSSR count). The van der Waals surface area contributed by atoms with Crippen LogP contribution < -0.4 is 10.1 Å². The number of nitrogens with zero attached hydrogens (tertiary/aromatic N) is 5. The number of anilines is 1. The number of hydrogen-bond donors (Lipinski definition) is 1. The van der Waals surface area contributed by atoms with Crippen LogP contribution in [0.25, 0.3) is 11.2 Å². The van der Waals surface area contributed by atoms with Gasteiger partial charge in [0.15, 0.2) is 17.0 Å². The van der Waals surface area contributed by atoms with Gasteiger partial charge in [-0.05, 0) is 25.0 Å². The largest absolute Gasteiger partial charge is 0.492 e.